The van der Waals surface area contributed by atoms with Crippen molar-refractivity contribution in [1.29, 1.82) is 5.26 Å². The van der Waals surface area contributed by atoms with Crippen LogP contribution in [0, 0.1) is 33.5 Å². The minimum absolute atomic E-state index is 0.0391. The Bertz CT molecular complexity index is 425. The van der Waals surface area contributed by atoms with E-state index in [0.29, 0.717) is 5.41 Å². The molecule has 0 aromatic carbocycles. The zero-order valence-electron chi connectivity index (χ0n) is 16.3. The maximum atomic E-state index is 9.76. The Hall–Kier alpha value is -0.510. The largest absolute Gasteiger partial charge is 0.198 e. The Morgan fingerprint density at radius 3 is 1.83 bits per heavy atom. The van der Waals surface area contributed by atoms with Gasteiger partial charge in [0.1, 0.15) is 0 Å². The third kappa shape index (κ3) is 3.40. The highest BCUT2D eigenvalue weighted by Gasteiger charge is 2.52. The van der Waals surface area contributed by atoms with Gasteiger partial charge in [0.05, 0.1) is 11.5 Å². The molecule has 0 aromatic rings. The van der Waals surface area contributed by atoms with Crippen LogP contribution in [0.25, 0.3) is 0 Å². The number of hydrogen-bond acceptors (Lipinski definition) is 1. The standard InChI is InChI=1S/C23H39N/c1-3-5-9-21-13-16-23(17-14-21,18-15-21)20-7-11-22(19-24,12-8-20)10-6-4-2/h20H,3-18H2,1-2H3. The number of nitrogens with zero attached hydrogens (tertiary/aromatic N) is 1. The Morgan fingerprint density at radius 2 is 1.33 bits per heavy atom. The van der Waals surface area contributed by atoms with E-state index in [9.17, 15) is 5.26 Å². The van der Waals surface area contributed by atoms with Gasteiger partial charge < -0.3 is 0 Å². The van der Waals surface area contributed by atoms with Crippen LogP contribution in [0.5, 0.6) is 0 Å². The Labute approximate surface area is 150 Å². The molecule has 0 spiro atoms. The van der Waals surface area contributed by atoms with E-state index in [2.05, 4.69) is 19.9 Å². The lowest BCUT2D eigenvalue weighted by molar-refractivity contribution is -0.0689. The minimum atomic E-state index is 0.0391. The highest BCUT2D eigenvalue weighted by atomic mass is 14.6. The molecule has 0 radical (unpaired) electrons. The van der Waals surface area contributed by atoms with E-state index in [4.69, 9.17) is 0 Å². The SMILES string of the molecule is CCCCC1(C#N)CCC(C23CCC(CCCC)(CC2)CC3)CC1. The molecule has 24 heavy (non-hydrogen) atoms. The molecule has 4 saturated carbocycles. The van der Waals surface area contributed by atoms with Crippen LogP contribution in [0.4, 0.5) is 0 Å². The Balaban J connectivity index is 1.57. The van der Waals surface area contributed by atoms with Gasteiger partial charge in [0.2, 0.25) is 0 Å². The normalized spacial score (nSPS) is 42.0. The topological polar surface area (TPSA) is 23.8 Å². The van der Waals surface area contributed by atoms with Crippen molar-refractivity contribution in [3.63, 3.8) is 0 Å². The van der Waals surface area contributed by atoms with Gasteiger partial charge in [-0.3, -0.25) is 0 Å². The van der Waals surface area contributed by atoms with Gasteiger partial charge in [-0.05, 0) is 93.8 Å². The van der Waals surface area contributed by atoms with Gasteiger partial charge in [-0.25, -0.2) is 0 Å². The molecule has 4 rings (SSSR count). The van der Waals surface area contributed by atoms with E-state index in [1.807, 2.05) is 0 Å². The molecule has 4 fully saturated rings. The van der Waals surface area contributed by atoms with E-state index in [0.717, 1.165) is 17.8 Å². The molecule has 4 aliphatic rings. The van der Waals surface area contributed by atoms with E-state index in [1.54, 1.807) is 0 Å². The van der Waals surface area contributed by atoms with Crippen molar-refractivity contribution >= 4 is 0 Å². The highest BCUT2D eigenvalue weighted by molar-refractivity contribution is 5.07. The molecule has 0 N–H and O–H groups in total. The Morgan fingerprint density at radius 1 is 0.792 bits per heavy atom. The summed E-state index contributed by atoms with van der Waals surface area (Å²) in [6, 6.07) is 2.75. The van der Waals surface area contributed by atoms with Gasteiger partial charge in [0.25, 0.3) is 0 Å². The molecule has 0 aromatic heterocycles. The maximum absolute atomic E-state index is 9.76. The minimum Gasteiger partial charge on any atom is -0.198 e. The molecule has 0 atom stereocenters. The molecule has 1 heteroatoms. The van der Waals surface area contributed by atoms with Crippen molar-refractivity contribution in [2.24, 2.45) is 22.2 Å². The van der Waals surface area contributed by atoms with Crippen LogP contribution in [0.15, 0.2) is 0 Å². The third-order valence-corrected chi connectivity index (χ3v) is 8.58. The summed E-state index contributed by atoms with van der Waals surface area (Å²) in [5.41, 5.74) is 1.46. The molecule has 0 unspecified atom stereocenters. The van der Waals surface area contributed by atoms with Crippen LogP contribution in [-0.2, 0) is 0 Å². The van der Waals surface area contributed by atoms with Gasteiger partial charge in [0, 0.05) is 0 Å². The first-order valence-electron chi connectivity index (χ1n) is 11.0. The summed E-state index contributed by atoms with van der Waals surface area (Å²) < 4.78 is 0. The van der Waals surface area contributed by atoms with Crippen molar-refractivity contribution in [1.82, 2.24) is 0 Å². The van der Waals surface area contributed by atoms with E-state index >= 15 is 0 Å². The second-order valence-corrected chi connectivity index (χ2v) is 9.74. The second-order valence-electron chi connectivity index (χ2n) is 9.74. The summed E-state index contributed by atoms with van der Waals surface area (Å²) >= 11 is 0. The van der Waals surface area contributed by atoms with Crippen molar-refractivity contribution in [2.45, 2.75) is 117 Å². The van der Waals surface area contributed by atoms with Crippen molar-refractivity contribution in [3.05, 3.63) is 0 Å². The summed E-state index contributed by atoms with van der Waals surface area (Å²) in [5.74, 6) is 0.935. The van der Waals surface area contributed by atoms with Crippen molar-refractivity contribution < 1.29 is 0 Å². The fourth-order valence-electron chi connectivity index (χ4n) is 6.55. The smallest absolute Gasteiger partial charge is 0.0689 e. The zero-order chi connectivity index (χ0) is 17.1. The molecule has 2 bridgehead atoms. The summed E-state index contributed by atoms with van der Waals surface area (Å²) in [4.78, 5) is 0. The molecule has 136 valence electrons. The molecule has 1 nitrogen and oxygen atoms in total. The summed E-state index contributed by atoms with van der Waals surface area (Å²) in [6.07, 6.45) is 22.1. The third-order valence-electron chi connectivity index (χ3n) is 8.58. The second kappa shape index (κ2) is 7.39. The number of fused-ring (bicyclic) bond motifs is 3. The van der Waals surface area contributed by atoms with E-state index in [-0.39, 0.29) is 5.41 Å². The average Bonchev–Trinajstić information content (AvgIpc) is 2.66. The molecular weight excluding hydrogens is 290 g/mol. The van der Waals surface area contributed by atoms with Crippen molar-refractivity contribution in [2.75, 3.05) is 0 Å². The van der Waals surface area contributed by atoms with Crippen LogP contribution in [0.1, 0.15) is 117 Å². The first kappa shape index (κ1) is 18.3. The number of rotatable bonds is 7. The lowest BCUT2D eigenvalue weighted by Gasteiger charge is -2.58. The van der Waals surface area contributed by atoms with Gasteiger partial charge >= 0.3 is 0 Å². The fourth-order valence-corrected chi connectivity index (χ4v) is 6.55. The summed E-state index contributed by atoms with van der Waals surface area (Å²) in [7, 11) is 0. The van der Waals surface area contributed by atoms with Gasteiger partial charge in [-0.15, -0.1) is 0 Å². The molecule has 0 heterocycles. The van der Waals surface area contributed by atoms with E-state index < -0.39 is 0 Å². The van der Waals surface area contributed by atoms with Gasteiger partial charge in [-0.1, -0.05) is 39.5 Å². The number of unbranched alkanes of at least 4 members (excludes halogenated alkanes) is 2. The van der Waals surface area contributed by atoms with Crippen LogP contribution >= 0.6 is 0 Å². The molecule has 0 aliphatic heterocycles. The first-order valence-corrected chi connectivity index (χ1v) is 11.0. The van der Waals surface area contributed by atoms with E-state index in [1.165, 1.54) is 96.3 Å². The van der Waals surface area contributed by atoms with Crippen LogP contribution in [0.3, 0.4) is 0 Å². The zero-order valence-corrected chi connectivity index (χ0v) is 16.3. The first-order chi connectivity index (χ1) is 11.6. The van der Waals surface area contributed by atoms with Gasteiger partial charge in [0.15, 0.2) is 0 Å². The summed E-state index contributed by atoms with van der Waals surface area (Å²) in [6.45, 7) is 4.60. The number of nitriles is 1. The molecular formula is C23H39N. The quantitative estimate of drug-likeness (QED) is 0.477. The average molecular weight is 330 g/mol. The highest BCUT2D eigenvalue weighted by Crippen LogP contribution is 2.64. The number of hydrogen-bond donors (Lipinski definition) is 0. The summed E-state index contributed by atoms with van der Waals surface area (Å²) in [5, 5.41) is 9.76. The lowest BCUT2D eigenvalue weighted by Crippen LogP contribution is -2.47. The molecule has 0 amide bonds. The lowest BCUT2D eigenvalue weighted by atomic mass is 9.47. The predicted molar refractivity (Wildman–Crippen MR) is 102 cm³/mol. The van der Waals surface area contributed by atoms with Crippen LogP contribution in [0.2, 0.25) is 0 Å². The fraction of sp³-hybridized carbons (Fsp3) is 0.957. The van der Waals surface area contributed by atoms with Crippen LogP contribution in [-0.4, -0.2) is 0 Å². The van der Waals surface area contributed by atoms with Crippen molar-refractivity contribution in [3.8, 4) is 6.07 Å². The molecule has 4 aliphatic carbocycles. The monoisotopic (exact) mass is 329 g/mol. The van der Waals surface area contributed by atoms with Gasteiger partial charge in [-0.2, -0.15) is 5.26 Å². The maximum Gasteiger partial charge on any atom is 0.0689 e. The molecule has 0 saturated heterocycles. The van der Waals surface area contributed by atoms with Crippen LogP contribution < -0.4 is 0 Å². The Kier molecular flexibility index (Phi) is 5.63. The predicted octanol–water partition coefficient (Wildman–Crippen LogP) is 7.41.